The van der Waals surface area contributed by atoms with Gasteiger partial charge in [0.25, 0.3) is 0 Å². The molecule has 3 rings (SSSR count). The Labute approximate surface area is 136 Å². The van der Waals surface area contributed by atoms with Gasteiger partial charge in [0.1, 0.15) is 5.82 Å². The molecule has 8 heteroatoms. The number of aryl methyl sites for hydroxylation is 1. The first kappa shape index (κ1) is 16.1. The molecule has 0 atom stereocenters. The number of nitrogens with zero attached hydrogens (tertiary/aromatic N) is 4. The van der Waals surface area contributed by atoms with Crippen molar-refractivity contribution >= 4 is 26.7 Å². The van der Waals surface area contributed by atoms with Crippen molar-refractivity contribution in [3.05, 3.63) is 5.82 Å². The van der Waals surface area contributed by atoms with Crippen molar-refractivity contribution in [3.63, 3.8) is 0 Å². The first-order chi connectivity index (χ1) is 10.6. The fourth-order valence-electron chi connectivity index (χ4n) is 3.19. The highest BCUT2D eigenvalue weighted by molar-refractivity contribution is 7.89. The molecule has 0 aliphatic carbocycles. The maximum absolute atomic E-state index is 12.7. The van der Waals surface area contributed by atoms with Gasteiger partial charge in [-0.05, 0) is 25.7 Å². The largest absolute Gasteiger partial charge is 0.347 e. The van der Waals surface area contributed by atoms with Crippen molar-refractivity contribution in [2.24, 2.45) is 0 Å². The molecule has 1 aromatic rings. The highest BCUT2D eigenvalue weighted by atomic mass is 32.2. The van der Waals surface area contributed by atoms with Crippen LogP contribution in [0, 0.1) is 0 Å². The fraction of sp³-hybridized carbons (Fsp3) is 0.857. The molecule has 2 aliphatic heterocycles. The molecule has 2 fully saturated rings. The van der Waals surface area contributed by atoms with E-state index >= 15 is 0 Å². The zero-order chi connectivity index (χ0) is 15.6. The highest BCUT2D eigenvalue weighted by Crippen LogP contribution is 2.27. The topological polar surface area (TPSA) is 66.4 Å². The number of anilines is 1. The maximum Gasteiger partial charge on any atom is 0.217 e. The molecule has 1 aromatic heterocycles. The van der Waals surface area contributed by atoms with Gasteiger partial charge < -0.3 is 4.90 Å². The third kappa shape index (κ3) is 3.28. The van der Waals surface area contributed by atoms with Gasteiger partial charge in [-0.2, -0.15) is 4.37 Å². The summed E-state index contributed by atoms with van der Waals surface area (Å²) in [5.41, 5.74) is 0. The molecule has 6 nitrogen and oxygen atoms in total. The van der Waals surface area contributed by atoms with Crippen molar-refractivity contribution in [2.45, 2.75) is 50.7 Å². The van der Waals surface area contributed by atoms with E-state index in [0.717, 1.165) is 49.7 Å². The van der Waals surface area contributed by atoms with Gasteiger partial charge in [-0.3, -0.25) is 0 Å². The second kappa shape index (κ2) is 6.80. The Kier molecular flexibility index (Phi) is 4.99. The van der Waals surface area contributed by atoms with Crippen LogP contribution < -0.4 is 4.90 Å². The lowest BCUT2D eigenvalue weighted by atomic mass is 10.1. The molecular weight excluding hydrogens is 320 g/mol. The zero-order valence-corrected chi connectivity index (χ0v) is 14.7. The second-order valence-corrected chi connectivity index (χ2v) is 8.98. The lowest BCUT2D eigenvalue weighted by Gasteiger charge is -2.35. The smallest absolute Gasteiger partial charge is 0.217 e. The molecule has 3 heterocycles. The summed E-state index contributed by atoms with van der Waals surface area (Å²) < 4.78 is 31.5. The predicted molar refractivity (Wildman–Crippen MR) is 88.9 cm³/mol. The summed E-state index contributed by atoms with van der Waals surface area (Å²) in [6.45, 7) is 4.98. The first-order valence-electron chi connectivity index (χ1n) is 8.17. The van der Waals surface area contributed by atoms with E-state index < -0.39 is 10.0 Å². The second-order valence-electron chi connectivity index (χ2n) is 6.04. The molecule has 0 amide bonds. The summed E-state index contributed by atoms with van der Waals surface area (Å²) in [5, 5.41) is 0.714. The maximum atomic E-state index is 12.7. The van der Waals surface area contributed by atoms with Crippen molar-refractivity contribution < 1.29 is 8.42 Å². The Balaban J connectivity index is 1.61. The minimum absolute atomic E-state index is 0.222. The molecular formula is C14H24N4O2S2. The lowest BCUT2D eigenvalue weighted by molar-refractivity contribution is 0.338. The van der Waals surface area contributed by atoms with Crippen molar-refractivity contribution in [2.75, 3.05) is 31.1 Å². The van der Waals surface area contributed by atoms with Crippen LogP contribution in [0.5, 0.6) is 0 Å². The molecule has 0 radical (unpaired) electrons. The summed E-state index contributed by atoms with van der Waals surface area (Å²) in [4.78, 5) is 6.68. The normalized spacial score (nSPS) is 22.1. The van der Waals surface area contributed by atoms with Gasteiger partial charge in [-0.25, -0.2) is 17.7 Å². The van der Waals surface area contributed by atoms with Crippen LogP contribution in [-0.2, 0) is 16.4 Å². The molecule has 2 aliphatic rings. The molecule has 124 valence electrons. The summed E-state index contributed by atoms with van der Waals surface area (Å²) in [5.74, 6) is 0.878. The van der Waals surface area contributed by atoms with E-state index in [1.807, 2.05) is 6.92 Å². The van der Waals surface area contributed by atoms with Crippen molar-refractivity contribution in [1.82, 2.24) is 13.7 Å². The Morgan fingerprint density at radius 3 is 2.41 bits per heavy atom. The Hall–Kier alpha value is -0.730. The van der Waals surface area contributed by atoms with Crippen LogP contribution in [0.2, 0.25) is 0 Å². The minimum atomic E-state index is -3.12. The minimum Gasteiger partial charge on any atom is -0.347 e. The number of aromatic nitrogens is 2. The first-order valence-corrected chi connectivity index (χ1v) is 10.5. The number of hydrogen-bond acceptors (Lipinski definition) is 6. The van der Waals surface area contributed by atoms with Crippen LogP contribution in [0.15, 0.2) is 0 Å². The highest BCUT2D eigenvalue weighted by Gasteiger charge is 2.35. The van der Waals surface area contributed by atoms with E-state index in [2.05, 4.69) is 14.3 Å². The molecule has 22 heavy (non-hydrogen) atoms. The van der Waals surface area contributed by atoms with E-state index in [0.29, 0.717) is 25.9 Å². The van der Waals surface area contributed by atoms with Crippen LogP contribution in [0.4, 0.5) is 5.13 Å². The lowest BCUT2D eigenvalue weighted by Crippen LogP contribution is -2.46. The quantitative estimate of drug-likeness (QED) is 0.834. The molecule has 0 N–H and O–H groups in total. The van der Waals surface area contributed by atoms with Gasteiger partial charge in [0.05, 0.1) is 5.25 Å². The van der Waals surface area contributed by atoms with Crippen molar-refractivity contribution in [3.8, 4) is 0 Å². The van der Waals surface area contributed by atoms with E-state index in [1.165, 1.54) is 11.5 Å². The standard InChI is InChI=1S/C14H24N4O2S2/c1-2-13-15-14(21-16-13)17-10-6-12(7-11-17)22(19,20)18-8-4-3-5-9-18/h12H,2-11H2,1H3. The number of piperidine rings is 2. The third-order valence-electron chi connectivity index (χ3n) is 4.58. The van der Waals surface area contributed by atoms with Crippen LogP contribution in [0.1, 0.15) is 44.9 Å². The van der Waals surface area contributed by atoms with E-state index in [1.54, 1.807) is 4.31 Å². The molecule has 0 spiro atoms. The number of sulfonamides is 1. The van der Waals surface area contributed by atoms with Crippen LogP contribution in [0.25, 0.3) is 0 Å². The number of rotatable bonds is 4. The van der Waals surface area contributed by atoms with Gasteiger partial charge in [0, 0.05) is 44.1 Å². The van der Waals surface area contributed by atoms with E-state index in [9.17, 15) is 8.42 Å². The van der Waals surface area contributed by atoms with Gasteiger partial charge in [-0.15, -0.1) is 0 Å². The molecule has 0 bridgehead atoms. The van der Waals surface area contributed by atoms with Crippen molar-refractivity contribution in [1.29, 1.82) is 0 Å². The predicted octanol–water partition coefficient (Wildman–Crippen LogP) is 1.89. The molecule has 0 unspecified atom stereocenters. The summed E-state index contributed by atoms with van der Waals surface area (Å²) in [7, 11) is -3.12. The monoisotopic (exact) mass is 344 g/mol. The van der Waals surface area contributed by atoms with Crippen LogP contribution in [-0.4, -0.2) is 53.5 Å². The average Bonchev–Trinajstić information content (AvgIpc) is 3.05. The Morgan fingerprint density at radius 1 is 1.14 bits per heavy atom. The average molecular weight is 345 g/mol. The van der Waals surface area contributed by atoms with Gasteiger partial charge >= 0.3 is 0 Å². The SMILES string of the molecule is CCc1nsc(N2CCC(S(=O)(=O)N3CCCCC3)CC2)n1. The summed E-state index contributed by atoms with van der Waals surface area (Å²) in [6.07, 6.45) is 5.39. The molecule has 0 aromatic carbocycles. The summed E-state index contributed by atoms with van der Waals surface area (Å²) in [6, 6.07) is 0. The Bertz CT molecular complexity index is 588. The van der Waals surface area contributed by atoms with E-state index in [4.69, 9.17) is 0 Å². The van der Waals surface area contributed by atoms with E-state index in [-0.39, 0.29) is 5.25 Å². The van der Waals surface area contributed by atoms with Gasteiger partial charge in [0.2, 0.25) is 15.2 Å². The summed E-state index contributed by atoms with van der Waals surface area (Å²) >= 11 is 1.42. The van der Waals surface area contributed by atoms with Gasteiger partial charge in [-0.1, -0.05) is 13.3 Å². The third-order valence-corrected chi connectivity index (χ3v) is 7.80. The molecule has 0 saturated carbocycles. The molecule has 2 saturated heterocycles. The fourth-order valence-corrected chi connectivity index (χ4v) is 5.99. The van der Waals surface area contributed by atoms with Crippen LogP contribution in [0.3, 0.4) is 0 Å². The van der Waals surface area contributed by atoms with Gasteiger partial charge in [0.15, 0.2) is 0 Å². The Morgan fingerprint density at radius 2 is 1.82 bits per heavy atom. The zero-order valence-electron chi connectivity index (χ0n) is 13.1. The van der Waals surface area contributed by atoms with Crippen LogP contribution >= 0.6 is 11.5 Å². The number of hydrogen-bond donors (Lipinski definition) is 0.